The molecule has 0 aliphatic carbocycles. The summed E-state index contributed by atoms with van der Waals surface area (Å²) in [5.74, 6) is 0.738. The van der Waals surface area contributed by atoms with Crippen LogP contribution in [0.25, 0.3) is 0 Å². The fourth-order valence-electron chi connectivity index (χ4n) is 1.64. The van der Waals surface area contributed by atoms with Crippen molar-refractivity contribution in [3.05, 3.63) is 23.9 Å². The summed E-state index contributed by atoms with van der Waals surface area (Å²) in [5.41, 5.74) is 0.574. The van der Waals surface area contributed by atoms with Crippen molar-refractivity contribution in [3.63, 3.8) is 0 Å². The lowest BCUT2D eigenvalue weighted by Gasteiger charge is -2.13. The number of hydrogen-bond acceptors (Lipinski definition) is 3. The monoisotopic (exact) mass is 204 g/mol. The Balaban J connectivity index is 2.23. The number of hydrogen-bond donors (Lipinski definition) is 0. The van der Waals surface area contributed by atoms with Crippen molar-refractivity contribution in [2.75, 3.05) is 11.4 Å². The molecule has 0 unspecified atom stereocenters. The molecule has 0 radical (unpaired) electrons. The number of carbonyl (C=O) groups is 2. The molecule has 2 heterocycles. The lowest BCUT2D eigenvalue weighted by atomic mass is 10.2. The summed E-state index contributed by atoms with van der Waals surface area (Å²) in [5, 5.41) is 0. The molecule has 0 N–H and O–H groups in total. The van der Waals surface area contributed by atoms with Gasteiger partial charge in [0.25, 0.3) is 0 Å². The molecule has 0 bridgehead atoms. The van der Waals surface area contributed by atoms with E-state index in [1.807, 2.05) is 0 Å². The highest BCUT2D eigenvalue weighted by molar-refractivity contribution is 5.96. The number of rotatable bonds is 2. The summed E-state index contributed by atoms with van der Waals surface area (Å²) in [6.45, 7) is 2.23. The fraction of sp³-hybridized carbons (Fsp3) is 0.364. The van der Waals surface area contributed by atoms with Crippen molar-refractivity contribution in [3.8, 4) is 0 Å². The Morgan fingerprint density at radius 3 is 2.73 bits per heavy atom. The van der Waals surface area contributed by atoms with E-state index in [1.54, 1.807) is 17.0 Å². The molecule has 0 saturated carbocycles. The molecule has 0 spiro atoms. The third kappa shape index (κ3) is 1.88. The molecular formula is C11H12N2O2. The van der Waals surface area contributed by atoms with Crippen LogP contribution < -0.4 is 4.90 Å². The van der Waals surface area contributed by atoms with E-state index in [9.17, 15) is 9.59 Å². The van der Waals surface area contributed by atoms with E-state index in [0.29, 0.717) is 17.8 Å². The quantitative estimate of drug-likeness (QED) is 0.684. The first-order valence-corrected chi connectivity index (χ1v) is 4.96. The molecule has 1 aliphatic heterocycles. The number of Topliss-reactive ketones (excluding diaryl/α,β-unsaturated/α-hetero) is 1. The number of nitrogens with zero attached hydrogens (tertiary/aromatic N) is 2. The summed E-state index contributed by atoms with van der Waals surface area (Å²) in [6, 6.07) is 3.43. The Bertz CT molecular complexity index is 398. The molecule has 78 valence electrons. The summed E-state index contributed by atoms with van der Waals surface area (Å²) in [4.78, 5) is 28.2. The maximum Gasteiger partial charge on any atom is 0.228 e. The molecule has 1 amide bonds. The van der Waals surface area contributed by atoms with E-state index in [2.05, 4.69) is 4.98 Å². The number of ketones is 1. The zero-order valence-electron chi connectivity index (χ0n) is 8.56. The molecular weight excluding hydrogens is 192 g/mol. The molecule has 2 rings (SSSR count). The minimum absolute atomic E-state index is 0.0122. The van der Waals surface area contributed by atoms with Gasteiger partial charge in [-0.05, 0) is 25.5 Å². The van der Waals surface area contributed by atoms with Crippen LogP contribution in [0.4, 0.5) is 5.82 Å². The molecule has 4 nitrogen and oxygen atoms in total. The van der Waals surface area contributed by atoms with Crippen molar-refractivity contribution in [1.29, 1.82) is 0 Å². The molecule has 1 saturated heterocycles. The highest BCUT2D eigenvalue weighted by Gasteiger charge is 2.22. The highest BCUT2D eigenvalue weighted by atomic mass is 16.2. The lowest BCUT2D eigenvalue weighted by Crippen LogP contribution is -2.24. The topological polar surface area (TPSA) is 50.3 Å². The van der Waals surface area contributed by atoms with E-state index in [1.165, 1.54) is 13.1 Å². The van der Waals surface area contributed by atoms with Gasteiger partial charge in [0.1, 0.15) is 5.82 Å². The van der Waals surface area contributed by atoms with Gasteiger partial charge in [0.05, 0.1) is 0 Å². The molecule has 15 heavy (non-hydrogen) atoms. The minimum Gasteiger partial charge on any atom is -0.297 e. The predicted octanol–water partition coefficient (Wildman–Crippen LogP) is 1.41. The van der Waals surface area contributed by atoms with Gasteiger partial charge in [0.2, 0.25) is 5.91 Å². The van der Waals surface area contributed by atoms with Crippen molar-refractivity contribution >= 4 is 17.5 Å². The fourth-order valence-corrected chi connectivity index (χ4v) is 1.64. The maximum atomic E-state index is 11.4. The van der Waals surface area contributed by atoms with Crippen LogP contribution >= 0.6 is 0 Å². The first kappa shape index (κ1) is 9.83. The zero-order chi connectivity index (χ0) is 10.8. The van der Waals surface area contributed by atoms with E-state index >= 15 is 0 Å². The van der Waals surface area contributed by atoms with Crippen LogP contribution in [-0.2, 0) is 4.79 Å². The highest BCUT2D eigenvalue weighted by Crippen LogP contribution is 2.18. The van der Waals surface area contributed by atoms with E-state index in [0.717, 1.165) is 13.0 Å². The van der Waals surface area contributed by atoms with Crippen molar-refractivity contribution < 1.29 is 9.59 Å². The van der Waals surface area contributed by atoms with Gasteiger partial charge < -0.3 is 0 Å². The predicted molar refractivity (Wildman–Crippen MR) is 55.8 cm³/mol. The maximum absolute atomic E-state index is 11.4. The Morgan fingerprint density at radius 2 is 2.27 bits per heavy atom. The largest absolute Gasteiger partial charge is 0.297 e. The van der Waals surface area contributed by atoms with Gasteiger partial charge in [0.15, 0.2) is 5.78 Å². The smallest absolute Gasteiger partial charge is 0.228 e. The van der Waals surface area contributed by atoms with Crippen molar-refractivity contribution in [2.24, 2.45) is 0 Å². The second-order valence-electron chi connectivity index (χ2n) is 3.61. The Morgan fingerprint density at radius 1 is 1.47 bits per heavy atom. The Hall–Kier alpha value is -1.71. The third-order valence-electron chi connectivity index (χ3n) is 2.50. The van der Waals surface area contributed by atoms with Gasteiger partial charge in [-0.25, -0.2) is 4.98 Å². The average molecular weight is 204 g/mol. The lowest BCUT2D eigenvalue weighted by molar-refractivity contribution is -0.117. The van der Waals surface area contributed by atoms with Crippen LogP contribution in [0.5, 0.6) is 0 Å². The molecule has 1 aromatic rings. The number of carbonyl (C=O) groups excluding carboxylic acids is 2. The molecule has 1 aromatic heterocycles. The van der Waals surface area contributed by atoms with Gasteiger partial charge in [-0.15, -0.1) is 0 Å². The SMILES string of the molecule is CC(=O)c1ccc(N2CCCC2=O)nc1. The van der Waals surface area contributed by atoms with Crippen LogP contribution in [0.3, 0.4) is 0 Å². The third-order valence-corrected chi connectivity index (χ3v) is 2.50. The number of amides is 1. The first-order chi connectivity index (χ1) is 7.18. The summed E-state index contributed by atoms with van der Waals surface area (Å²) in [7, 11) is 0. The van der Waals surface area contributed by atoms with Crippen LogP contribution in [0.2, 0.25) is 0 Å². The zero-order valence-corrected chi connectivity index (χ0v) is 8.56. The molecule has 4 heteroatoms. The Kier molecular flexibility index (Phi) is 2.49. The van der Waals surface area contributed by atoms with Crippen molar-refractivity contribution in [2.45, 2.75) is 19.8 Å². The van der Waals surface area contributed by atoms with E-state index in [4.69, 9.17) is 0 Å². The summed E-state index contributed by atoms with van der Waals surface area (Å²) < 4.78 is 0. The summed E-state index contributed by atoms with van der Waals surface area (Å²) >= 11 is 0. The summed E-state index contributed by atoms with van der Waals surface area (Å²) in [6.07, 6.45) is 2.99. The van der Waals surface area contributed by atoms with E-state index in [-0.39, 0.29) is 11.7 Å². The standard InChI is InChI=1S/C11H12N2O2/c1-8(14)9-4-5-10(12-7-9)13-6-2-3-11(13)15/h4-5,7H,2-3,6H2,1H3. The van der Waals surface area contributed by atoms with Gasteiger partial charge >= 0.3 is 0 Å². The van der Waals surface area contributed by atoms with Gasteiger partial charge in [-0.1, -0.05) is 0 Å². The van der Waals surface area contributed by atoms with Crippen LogP contribution in [0.15, 0.2) is 18.3 Å². The van der Waals surface area contributed by atoms with Crippen LogP contribution in [0, 0.1) is 0 Å². The normalized spacial score (nSPS) is 15.8. The van der Waals surface area contributed by atoms with Gasteiger partial charge in [0, 0.05) is 24.7 Å². The second kappa shape index (κ2) is 3.81. The number of aromatic nitrogens is 1. The average Bonchev–Trinajstić information content (AvgIpc) is 2.65. The number of pyridine rings is 1. The molecule has 0 atom stereocenters. The first-order valence-electron chi connectivity index (χ1n) is 4.96. The van der Waals surface area contributed by atoms with E-state index < -0.39 is 0 Å². The Labute approximate surface area is 87.9 Å². The van der Waals surface area contributed by atoms with Gasteiger partial charge in [-0.3, -0.25) is 14.5 Å². The molecule has 1 aliphatic rings. The van der Waals surface area contributed by atoms with Crippen LogP contribution in [0.1, 0.15) is 30.1 Å². The second-order valence-corrected chi connectivity index (χ2v) is 3.61. The van der Waals surface area contributed by atoms with Gasteiger partial charge in [-0.2, -0.15) is 0 Å². The molecule has 1 fully saturated rings. The van der Waals surface area contributed by atoms with Crippen LogP contribution in [-0.4, -0.2) is 23.2 Å². The number of anilines is 1. The molecule has 0 aromatic carbocycles. The minimum atomic E-state index is -0.0122. The van der Waals surface area contributed by atoms with Crippen molar-refractivity contribution in [1.82, 2.24) is 4.98 Å².